The van der Waals surface area contributed by atoms with Crippen LogP contribution in [0.1, 0.15) is 49.6 Å². The monoisotopic (exact) mass is 325 g/mol. The molecule has 1 aliphatic rings. The van der Waals surface area contributed by atoms with Crippen molar-refractivity contribution in [3.63, 3.8) is 0 Å². The van der Waals surface area contributed by atoms with E-state index >= 15 is 0 Å². The van der Waals surface area contributed by atoms with Crippen LogP contribution in [-0.2, 0) is 6.54 Å². The second-order valence-corrected chi connectivity index (χ2v) is 7.63. The van der Waals surface area contributed by atoms with E-state index in [0.717, 1.165) is 35.6 Å². The summed E-state index contributed by atoms with van der Waals surface area (Å²) in [4.78, 5) is 14.1. The van der Waals surface area contributed by atoms with Crippen molar-refractivity contribution < 1.29 is 9.32 Å². The van der Waals surface area contributed by atoms with Gasteiger partial charge in [-0.2, -0.15) is 11.8 Å². The first-order valence-electron chi connectivity index (χ1n) is 8.06. The van der Waals surface area contributed by atoms with Crippen LogP contribution in [0.3, 0.4) is 0 Å². The molecule has 0 bridgehead atoms. The normalized spacial score (nSPS) is 21.6. The maximum atomic E-state index is 12.4. The zero-order valence-electron chi connectivity index (χ0n) is 14.0. The summed E-state index contributed by atoms with van der Waals surface area (Å²) < 4.78 is 5.16. The Morgan fingerprint density at radius 3 is 2.86 bits per heavy atom. The highest BCUT2D eigenvalue weighted by Gasteiger charge is 2.24. The zero-order valence-corrected chi connectivity index (χ0v) is 14.8. The Labute approximate surface area is 137 Å². The fourth-order valence-electron chi connectivity index (χ4n) is 2.98. The van der Waals surface area contributed by atoms with Gasteiger partial charge in [0.1, 0.15) is 5.76 Å². The van der Waals surface area contributed by atoms with E-state index < -0.39 is 0 Å². The van der Waals surface area contributed by atoms with Crippen molar-refractivity contribution in [3.05, 3.63) is 17.0 Å². The van der Waals surface area contributed by atoms with Gasteiger partial charge in [0.15, 0.2) is 0 Å². The molecule has 1 heterocycles. The number of rotatable bonds is 5. The summed E-state index contributed by atoms with van der Waals surface area (Å²) in [5, 5.41) is 7.81. The largest absolute Gasteiger partial charge is 0.361 e. The minimum absolute atomic E-state index is 0.00727. The van der Waals surface area contributed by atoms with Crippen LogP contribution in [0, 0.1) is 13.8 Å². The molecule has 0 saturated heterocycles. The molecule has 1 aromatic heterocycles. The van der Waals surface area contributed by atoms with E-state index in [4.69, 9.17) is 4.52 Å². The Kier molecular flexibility index (Phi) is 6.17. The number of nitrogens with one attached hydrogen (secondary N) is 1. The molecule has 22 heavy (non-hydrogen) atoms. The quantitative estimate of drug-likeness (QED) is 0.900. The number of thioether (sulfide) groups is 1. The second-order valence-electron chi connectivity index (χ2n) is 6.05. The van der Waals surface area contributed by atoms with Crippen LogP contribution in [0.25, 0.3) is 0 Å². The lowest BCUT2D eigenvalue weighted by Crippen LogP contribution is -2.45. The van der Waals surface area contributed by atoms with Gasteiger partial charge < -0.3 is 14.7 Å². The van der Waals surface area contributed by atoms with Crippen LogP contribution in [0.5, 0.6) is 0 Å². The molecule has 0 radical (unpaired) electrons. The number of aromatic nitrogens is 1. The van der Waals surface area contributed by atoms with Crippen molar-refractivity contribution in [2.75, 3.05) is 12.8 Å². The van der Waals surface area contributed by atoms with Gasteiger partial charge in [-0.15, -0.1) is 0 Å². The van der Waals surface area contributed by atoms with Gasteiger partial charge in [-0.25, -0.2) is 4.79 Å². The van der Waals surface area contributed by atoms with Crippen LogP contribution in [0.2, 0.25) is 0 Å². The van der Waals surface area contributed by atoms with Gasteiger partial charge in [0.2, 0.25) is 0 Å². The summed E-state index contributed by atoms with van der Waals surface area (Å²) in [6, 6.07) is 0.296. The summed E-state index contributed by atoms with van der Waals surface area (Å²) in [6.07, 6.45) is 4.66. The molecule has 1 aromatic rings. The van der Waals surface area contributed by atoms with E-state index in [0.29, 0.717) is 17.8 Å². The SMILES string of the molecule is CCS[C@H]1CCC[C@H](NC(=O)N(C)Cc2c(C)noc2C)C1. The molecule has 1 saturated carbocycles. The lowest BCUT2D eigenvalue weighted by molar-refractivity contribution is 0.198. The third kappa shape index (κ3) is 4.41. The minimum Gasteiger partial charge on any atom is -0.361 e. The number of carbonyl (C=O) groups is 1. The van der Waals surface area contributed by atoms with E-state index in [-0.39, 0.29) is 6.03 Å². The Balaban J connectivity index is 1.86. The van der Waals surface area contributed by atoms with Gasteiger partial charge in [-0.1, -0.05) is 18.5 Å². The molecule has 1 N–H and O–H groups in total. The molecule has 0 spiro atoms. The minimum atomic E-state index is -0.00727. The van der Waals surface area contributed by atoms with Gasteiger partial charge in [-0.3, -0.25) is 0 Å². The van der Waals surface area contributed by atoms with Gasteiger partial charge in [0.05, 0.1) is 12.2 Å². The van der Waals surface area contributed by atoms with Crippen LogP contribution in [0.4, 0.5) is 4.79 Å². The molecule has 2 amide bonds. The van der Waals surface area contributed by atoms with Crippen molar-refractivity contribution in [1.82, 2.24) is 15.4 Å². The van der Waals surface area contributed by atoms with Crippen molar-refractivity contribution in [3.8, 4) is 0 Å². The average molecular weight is 325 g/mol. The maximum absolute atomic E-state index is 12.4. The number of hydrogen-bond donors (Lipinski definition) is 1. The zero-order chi connectivity index (χ0) is 16.1. The summed E-state index contributed by atoms with van der Waals surface area (Å²) in [5.41, 5.74) is 1.86. The molecule has 2 atom stereocenters. The predicted molar refractivity (Wildman–Crippen MR) is 90.2 cm³/mol. The Morgan fingerprint density at radius 2 is 2.23 bits per heavy atom. The second kappa shape index (κ2) is 7.90. The number of urea groups is 1. The average Bonchev–Trinajstić information content (AvgIpc) is 2.80. The van der Waals surface area contributed by atoms with Gasteiger partial charge in [0, 0.05) is 23.9 Å². The number of amides is 2. The molecule has 0 unspecified atom stereocenters. The Hall–Kier alpha value is -1.17. The van der Waals surface area contributed by atoms with E-state index in [9.17, 15) is 4.79 Å². The summed E-state index contributed by atoms with van der Waals surface area (Å²) in [6.45, 7) is 6.52. The molecule has 6 heteroatoms. The van der Waals surface area contributed by atoms with Gasteiger partial charge in [0.25, 0.3) is 0 Å². The predicted octanol–water partition coefficient (Wildman–Crippen LogP) is 3.50. The van der Waals surface area contributed by atoms with E-state index in [1.165, 1.54) is 12.8 Å². The molecule has 5 nitrogen and oxygen atoms in total. The van der Waals surface area contributed by atoms with E-state index in [2.05, 4.69) is 17.4 Å². The van der Waals surface area contributed by atoms with Crippen molar-refractivity contribution in [1.29, 1.82) is 0 Å². The van der Waals surface area contributed by atoms with Crippen molar-refractivity contribution in [2.24, 2.45) is 0 Å². The van der Waals surface area contributed by atoms with Crippen LogP contribution >= 0.6 is 11.8 Å². The highest BCUT2D eigenvalue weighted by molar-refractivity contribution is 7.99. The molecular weight excluding hydrogens is 298 g/mol. The molecule has 2 rings (SSSR count). The van der Waals surface area contributed by atoms with Crippen LogP contribution in [0.15, 0.2) is 4.52 Å². The third-order valence-corrected chi connectivity index (χ3v) is 5.51. The fraction of sp³-hybridized carbons (Fsp3) is 0.750. The number of nitrogens with zero attached hydrogens (tertiary/aromatic N) is 2. The van der Waals surface area contributed by atoms with Crippen LogP contribution in [-0.4, -0.2) is 40.2 Å². The number of aryl methyl sites for hydroxylation is 2. The van der Waals surface area contributed by atoms with E-state index in [1.54, 1.807) is 4.90 Å². The smallest absolute Gasteiger partial charge is 0.317 e. The topological polar surface area (TPSA) is 58.4 Å². The summed E-state index contributed by atoms with van der Waals surface area (Å²) in [7, 11) is 1.82. The van der Waals surface area contributed by atoms with Crippen LogP contribution < -0.4 is 5.32 Å². The maximum Gasteiger partial charge on any atom is 0.317 e. The first kappa shape index (κ1) is 17.2. The summed E-state index contributed by atoms with van der Waals surface area (Å²) in [5.74, 6) is 1.94. The molecule has 124 valence electrons. The fourth-order valence-corrected chi connectivity index (χ4v) is 4.16. The number of hydrogen-bond acceptors (Lipinski definition) is 4. The van der Waals surface area contributed by atoms with E-state index in [1.807, 2.05) is 32.7 Å². The van der Waals surface area contributed by atoms with Crippen molar-refractivity contribution >= 4 is 17.8 Å². The lowest BCUT2D eigenvalue weighted by Gasteiger charge is -2.30. The highest BCUT2D eigenvalue weighted by atomic mass is 32.2. The molecular formula is C16H27N3O2S. The van der Waals surface area contributed by atoms with Gasteiger partial charge >= 0.3 is 6.03 Å². The highest BCUT2D eigenvalue weighted by Crippen LogP contribution is 2.28. The van der Waals surface area contributed by atoms with Crippen molar-refractivity contribution in [2.45, 2.75) is 64.3 Å². The molecule has 1 aliphatic carbocycles. The standard InChI is InChI=1S/C16H27N3O2S/c1-5-22-14-8-6-7-13(9-14)17-16(20)19(4)10-15-11(2)18-21-12(15)3/h13-14H,5-10H2,1-4H3,(H,17,20)/t13-,14-/m0/s1. The molecule has 0 aliphatic heterocycles. The first-order chi connectivity index (χ1) is 10.5. The van der Waals surface area contributed by atoms with Gasteiger partial charge in [-0.05, 0) is 38.9 Å². The third-order valence-electron chi connectivity index (χ3n) is 4.28. The molecule has 1 fully saturated rings. The Bertz CT molecular complexity index is 482. The molecule has 0 aromatic carbocycles. The lowest BCUT2D eigenvalue weighted by atomic mass is 9.95. The summed E-state index contributed by atoms with van der Waals surface area (Å²) >= 11 is 2.01. The Morgan fingerprint density at radius 1 is 1.45 bits per heavy atom. The number of carbonyl (C=O) groups excluding carboxylic acids is 1. The first-order valence-corrected chi connectivity index (χ1v) is 9.11.